The van der Waals surface area contributed by atoms with Crippen LogP contribution in [0, 0.1) is 0 Å². The summed E-state index contributed by atoms with van der Waals surface area (Å²) in [6, 6.07) is 9.86. The molecule has 0 saturated heterocycles. The monoisotopic (exact) mass is 258 g/mol. The SMILES string of the molecule is CCC[SiH](CCC)CC[SiH](CCC)CCC. The van der Waals surface area contributed by atoms with Gasteiger partial charge in [0.15, 0.2) is 0 Å². The Bertz CT molecular complexity index is 109. The Morgan fingerprint density at radius 2 is 0.688 bits per heavy atom. The lowest BCUT2D eigenvalue weighted by atomic mass is 10.6. The molecule has 0 aliphatic carbocycles. The number of hydrogen-bond donors (Lipinski definition) is 0. The third kappa shape index (κ3) is 8.57. The van der Waals surface area contributed by atoms with Crippen molar-refractivity contribution in [3.05, 3.63) is 0 Å². The fourth-order valence-corrected chi connectivity index (χ4v) is 11.7. The average molecular weight is 259 g/mol. The molecule has 16 heavy (non-hydrogen) atoms. The maximum atomic E-state index is 2.38. The lowest BCUT2D eigenvalue weighted by Gasteiger charge is -2.18. The van der Waals surface area contributed by atoms with Gasteiger partial charge in [-0.1, -0.05) is 89.6 Å². The molecule has 0 nitrogen and oxygen atoms in total. The van der Waals surface area contributed by atoms with Crippen molar-refractivity contribution < 1.29 is 0 Å². The molecular weight excluding hydrogens is 224 g/mol. The van der Waals surface area contributed by atoms with E-state index < -0.39 is 0 Å². The van der Waals surface area contributed by atoms with Crippen molar-refractivity contribution in [2.75, 3.05) is 0 Å². The van der Waals surface area contributed by atoms with E-state index >= 15 is 0 Å². The molecule has 0 fully saturated rings. The number of rotatable bonds is 11. The Morgan fingerprint density at radius 3 is 0.875 bits per heavy atom. The third-order valence-corrected chi connectivity index (χ3v) is 12.3. The summed E-state index contributed by atoms with van der Waals surface area (Å²) in [5.41, 5.74) is 0. The van der Waals surface area contributed by atoms with Crippen LogP contribution in [0.15, 0.2) is 0 Å². The van der Waals surface area contributed by atoms with Crippen molar-refractivity contribution in [3.8, 4) is 0 Å². The summed E-state index contributed by atoms with van der Waals surface area (Å²) in [6.07, 6.45) is 5.80. The minimum absolute atomic E-state index is 0.305. The first kappa shape index (κ1) is 16.4. The molecule has 0 amide bonds. The predicted molar refractivity (Wildman–Crippen MR) is 84.3 cm³/mol. The summed E-state index contributed by atoms with van der Waals surface area (Å²) in [4.78, 5) is 0. The van der Waals surface area contributed by atoms with Crippen LogP contribution < -0.4 is 0 Å². The summed E-state index contributed by atoms with van der Waals surface area (Å²) in [7, 11) is -0.610. The number of hydrogen-bond acceptors (Lipinski definition) is 0. The van der Waals surface area contributed by atoms with Crippen LogP contribution in [-0.2, 0) is 0 Å². The first-order chi connectivity index (χ1) is 7.78. The van der Waals surface area contributed by atoms with Gasteiger partial charge in [-0.25, -0.2) is 0 Å². The van der Waals surface area contributed by atoms with Crippen molar-refractivity contribution in [1.29, 1.82) is 0 Å². The first-order valence-electron chi connectivity index (χ1n) is 7.78. The fraction of sp³-hybridized carbons (Fsp3) is 1.00. The second-order valence-electron chi connectivity index (χ2n) is 5.46. The molecule has 2 heteroatoms. The van der Waals surface area contributed by atoms with Gasteiger partial charge in [-0.15, -0.1) is 0 Å². The maximum Gasteiger partial charge on any atom is 0.0364 e. The molecule has 0 aromatic carbocycles. The van der Waals surface area contributed by atoms with Crippen LogP contribution in [0.5, 0.6) is 0 Å². The Kier molecular flexibility index (Phi) is 12.2. The van der Waals surface area contributed by atoms with Crippen LogP contribution in [0.3, 0.4) is 0 Å². The van der Waals surface area contributed by atoms with Gasteiger partial charge in [0, 0.05) is 17.6 Å². The van der Waals surface area contributed by atoms with Gasteiger partial charge in [0.2, 0.25) is 0 Å². The maximum absolute atomic E-state index is 2.38. The van der Waals surface area contributed by atoms with E-state index in [-0.39, 0.29) is 17.6 Å². The van der Waals surface area contributed by atoms with E-state index in [1.165, 1.54) is 25.7 Å². The highest BCUT2D eigenvalue weighted by Gasteiger charge is 2.13. The molecule has 0 saturated carbocycles. The highest BCUT2D eigenvalue weighted by Crippen LogP contribution is 2.19. The van der Waals surface area contributed by atoms with Crippen LogP contribution in [0.2, 0.25) is 36.3 Å². The molecule has 0 N–H and O–H groups in total. The van der Waals surface area contributed by atoms with E-state index in [9.17, 15) is 0 Å². The van der Waals surface area contributed by atoms with Gasteiger partial charge in [0.05, 0.1) is 0 Å². The topological polar surface area (TPSA) is 0 Å². The molecule has 0 aromatic rings. The molecule has 0 radical (unpaired) electrons. The summed E-state index contributed by atoms with van der Waals surface area (Å²) < 4.78 is 0. The van der Waals surface area contributed by atoms with Crippen LogP contribution in [-0.4, -0.2) is 17.6 Å². The molecular formula is C14H34Si2. The third-order valence-electron chi connectivity index (χ3n) is 3.77. The van der Waals surface area contributed by atoms with Gasteiger partial charge in [-0.05, 0) is 0 Å². The van der Waals surface area contributed by atoms with Gasteiger partial charge < -0.3 is 0 Å². The Labute approximate surface area is 107 Å². The highest BCUT2D eigenvalue weighted by atomic mass is 28.3. The average Bonchev–Trinajstić information content (AvgIpc) is 2.27. The fourth-order valence-electron chi connectivity index (χ4n) is 2.97. The van der Waals surface area contributed by atoms with Gasteiger partial charge >= 0.3 is 0 Å². The Hall–Kier alpha value is 0.434. The molecule has 0 aliphatic rings. The molecule has 0 spiro atoms. The predicted octanol–water partition coefficient (Wildman–Crippen LogP) is 5.08. The molecule has 98 valence electrons. The lowest BCUT2D eigenvalue weighted by molar-refractivity contribution is 0.971. The van der Waals surface area contributed by atoms with E-state index in [4.69, 9.17) is 0 Å². The van der Waals surface area contributed by atoms with E-state index in [1.54, 1.807) is 36.3 Å². The van der Waals surface area contributed by atoms with Crippen LogP contribution in [0.1, 0.15) is 53.4 Å². The zero-order chi connectivity index (χ0) is 12.2. The zero-order valence-corrected chi connectivity index (χ0v) is 14.5. The summed E-state index contributed by atoms with van der Waals surface area (Å²) in [5.74, 6) is 0. The standard InChI is InChI=1S/C14H34Si2/c1-5-9-15(10-6-2)13-14-16(11-7-3)12-8-4/h15-16H,5-14H2,1-4H3. The summed E-state index contributed by atoms with van der Waals surface area (Å²) in [5, 5.41) is 0. The summed E-state index contributed by atoms with van der Waals surface area (Å²) >= 11 is 0. The van der Waals surface area contributed by atoms with Crippen molar-refractivity contribution in [2.24, 2.45) is 0 Å². The van der Waals surface area contributed by atoms with Crippen molar-refractivity contribution in [3.63, 3.8) is 0 Å². The molecule has 0 aliphatic heterocycles. The quantitative estimate of drug-likeness (QED) is 0.453. The Morgan fingerprint density at radius 1 is 0.438 bits per heavy atom. The smallest absolute Gasteiger partial charge is 0.0364 e. The van der Waals surface area contributed by atoms with Crippen LogP contribution in [0.4, 0.5) is 0 Å². The normalized spacial score (nSPS) is 11.6. The molecule has 0 unspecified atom stereocenters. The minimum Gasteiger partial charge on any atom is -0.0657 e. The van der Waals surface area contributed by atoms with Crippen LogP contribution in [0.25, 0.3) is 0 Å². The molecule has 0 heterocycles. The van der Waals surface area contributed by atoms with Gasteiger partial charge in [0.1, 0.15) is 0 Å². The largest absolute Gasteiger partial charge is 0.0657 e. The molecule has 0 rings (SSSR count). The highest BCUT2D eigenvalue weighted by molar-refractivity contribution is 6.64. The second-order valence-corrected chi connectivity index (χ2v) is 12.4. The van der Waals surface area contributed by atoms with E-state index in [1.807, 2.05) is 0 Å². The molecule has 0 bridgehead atoms. The van der Waals surface area contributed by atoms with E-state index in [0.717, 1.165) is 0 Å². The van der Waals surface area contributed by atoms with Crippen molar-refractivity contribution in [1.82, 2.24) is 0 Å². The Balaban J connectivity index is 3.83. The van der Waals surface area contributed by atoms with Crippen LogP contribution >= 0.6 is 0 Å². The first-order valence-corrected chi connectivity index (χ1v) is 12.7. The van der Waals surface area contributed by atoms with Crippen molar-refractivity contribution >= 4 is 17.6 Å². The lowest BCUT2D eigenvalue weighted by Crippen LogP contribution is -2.17. The van der Waals surface area contributed by atoms with Gasteiger partial charge in [-0.3, -0.25) is 0 Å². The molecule has 0 aromatic heterocycles. The van der Waals surface area contributed by atoms with Gasteiger partial charge in [0.25, 0.3) is 0 Å². The zero-order valence-electron chi connectivity index (χ0n) is 12.2. The summed E-state index contributed by atoms with van der Waals surface area (Å²) in [6.45, 7) is 9.51. The van der Waals surface area contributed by atoms with Gasteiger partial charge in [-0.2, -0.15) is 0 Å². The molecule has 0 atom stereocenters. The second kappa shape index (κ2) is 11.9. The van der Waals surface area contributed by atoms with E-state index in [0.29, 0.717) is 0 Å². The van der Waals surface area contributed by atoms with E-state index in [2.05, 4.69) is 27.7 Å². The van der Waals surface area contributed by atoms with Crippen molar-refractivity contribution in [2.45, 2.75) is 89.6 Å². The minimum atomic E-state index is -0.305.